The summed E-state index contributed by atoms with van der Waals surface area (Å²) < 4.78 is 26.4. The zero-order valence-corrected chi connectivity index (χ0v) is 9.85. The summed E-state index contributed by atoms with van der Waals surface area (Å²) in [7, 11) is -3.26. The summed E-state index contributed by atoms with van der Waals surface area (Å²) in [5.74, 6) is 1.02. The number of rotatable bonds is 4. The topological polar surface area (TPSA) is 43.4 Å². The van der Waals surface area contributed by atoms with Crippen LogP contribution >= 0.6 is 0 Å². The molecule has 0 spiro atoms. The van der Waals surface area contributed by atoms with E-state index in [1.54, 1.807) is 0 Å². The maximum atomic E-state index is 10.8. The predicted octanol–water partition coefficient (Wildman–Crippen LogP) is 2.18. The van der Waals surface area contributed by atoms with Gasteiger partial charge in [0.15, 0.2) is 0 Å². The van der Waals surface area contributed by atoms with Crippen molar-refractivity contribution >= 4 is 10.1 Å². The van der Waals surface area contributed by atoms with Gasteiger partial charge in [-0.2, -0.15) is 8.42 Å². The minimum Gasteiger partial charge on any atom is -0.270 e. The Morgan fingerprint density at radius 3 is 2.36 bits per heavy atom. The van der Waals surface area contributed by atoms with Crippen molar-refractivity contribution in [3.05, 3.63) is 0 Å². The fraction of sp³-hybridized carbons (Fsp3) is 1.00. The molecule has 0 saturated heterocycles. The van der Waals surface area contributed by atoms with Gasteiger partial charge in [-0.3, -0.25) is 4.18 Å². The summed E-state index contributed by atoms with van der Waals surface area (Å²) in [6.45, 7) is 2.44. The molecular formula is C10H20O3S. The molecule has 1 unspecified atom stereocenters. The van der Waals surface area contributed by atoms with E-state index in [9.17, 15) is 8.42 Å². The molecule has 1 fully saturated rings. The van der Waals surface area contributed by atoms with E-state index in [0.29, 0.717) is 18.4 Å². The van der Waals surface area contributed by atoms with Crippen molar-refractivity contribution in [3.63, 3.8) is 0 Å². The third-order valence-electron chi connectivity index (χ3n) is 3.00. The quantitative estimate of drug-likeness (QED) is 0.682. The van der Waals surface area contributed by atoms with Crippen LogP contribution in [0.4, 0.5) is 0 Å². The van der Waals surface area contributed by atoms with Crippen LogP contribution in [0.5, 0.6) is 0 Å². The SMILES string of the molecule is CC(COS(C)(=O)=O)C1CCCCC1. The molecule has 3 nitrogen and oxygen atoms in total. The Kier molecular flexibility index (Phi) is 4.38. The van der Waals surface area contributed by atoms with Gasteiger partial charge in [0.1, 0.15) is 0 Å². The van der Waals surface area contributed by atoms with Crippen LogP contribution in [0.3, 0.4) is 0 Å². The van der Waals surface area contributed by atoms with Gasteiger partial charge in [-0.25, -0.2) is 0 Å². The van der Waals surface area contributed by atoms with E-state index in [0.717, 1.165) is 6.26 Å². The second-order valence-electron chi connectivity index (χ2n) is 4.36. The Labute approximate surface area is 87.0 Å². The van der Waals surface area contributed by atoms with Gasteiger partial charge in [-0.05, 0) is 11.8 Å². The Bertz CT molecular complexity index is 253. The van der Waals surface area contributed by atoms with Gasteiger partial charge in [0.25, 0.3) is 10.1 Å². The molecule has 0 heterocycles. The maximum absolute atomic E-state index is 10.8. The largest absolute Gasteiger partial charge is 0.270 e. The van der Waals surface area contributed by atoms with Crippen LogP contribution in [0.25, 0.3) is 0 Å². The highest BCUT2D eigenvalue weighted by molar-refractivity contribution is 7.85. The summed E-state index contributed by atoms with van der Waals surface area (Å²) in [5, 5.41) is 0. The number of hydrogen-bond donors (Lipinski definition) is 0. The molecule has 84 valence electrons. The van der Waals surface area contributed by atoms with E-state index >= 15 is 0 Å². The van der Waals surface area contributed by atoms with Gasteiger partial charge < -0.3 is 0 Å². The predicted molar refractivity (Wildman–Crippen MR) is 56.5 cm³/mol. The van der Waals surface area contributed by atoms with E-state index < -0.39 is 10.1 Å². The van der Waals surface area contributed by atoms with Crippen LogP contribution in [0.1, 0.15) is 39.0 Å². The molecule has 0 N–H and O–H groups in total. The highest BCUT2D eigenvalue weighted by Gasteiger charge is 2.21. The van der Waals surface area contributed by atoms with E-state index in [2.05, 4.69) is 6.92 Å². The summed E-state index contributed by atoms with van der Waals surface area (Å²) >= 11 is 0. The first-order valence-corrected chi connectivity index (χ1v) is 7.15. The molecule has 1 aliphatic carbocycles. The lowest BCUT2D eigenvalue weighted by Crippen LogP contribution is -2.21. The van der Waals surface area contributed by atoms with Crippen molar-refractivity contribution < 1.29 is 12.6 Å². The minimum atomic E-state index is -3.26. The molecule has 0 radical (unpaired) electrons. The van der Waals surface area contributed by atoms with E-state index in [4.69, 9.17) is 4.18 Å². The van der Waals surface area contributed by atoms with Crippen LogP contribution in [0, 0.1) is 11.8 Å². The van der Waals surface area contributed by atoms with E-state index in [-0.39, 0.29) is 0 Å². The summed E-state index contributed by atoms with van der Waals surface area (Å²) in [4.78, 5) is 0. The Balaban J connectivity index is 2.30. The molecule has 0 aliphatic heterocycles. The molecule has 14 heavy (non-hydrogen) atoms. The third-order valence-corrected chi connectivity index (χ3v) is 3.56. The lowest BCUT2D eigenvalue weighted by atomic mass is 9.81. The zero-order chi connectivity index (χ0) is 10.6. The molecule has 1 aliphatic rings. The molecule has 1 rings (SSSR count). The standard InChI is InChI=1S/C10H20O3S/c1-9(8-13-14(2,11)12)10-6-4-3-5-7-10/h9-10H,3-8H2,1-2H3. The molecule has 0 bridgehead atoms. The lowest BCUT2D eigenvalue weighted by molar-refractivity contribution is 0.180. The average Bonchev–Trinajstić information content (AvgIpc) is 2.14. The second kappa shape index (κ2) is 5.12. The highest BCUT2D eigenvalue weighted by atomic mass is 32.2. The van der Waals surface area contributed by atoms with Gasteiger partial charge in [0.2, 0.25) is 0 Å². The Morgan fingerprint density at radius 1 is 1.29 bits per heavy atom. The van der Waals surface area contributed by atoms with Gasteiger partial charge in [0, 0.05) is 0 Å². The molecule has 0 aromatic rings. The van der Waals surface area contributed by atoms with Crippen molar-refractivity contribution in [2.75, 3.05) is 12.9 Å². The average molecular weight is 220 g/mol. The van der Waals surface area contributed by atoms with Gasteiger partial charge in [-0.15, -0.1) is 0 Å². The fourth-order valence-electron chi connectivity index (χ4n) is 2.07. The fourth-order valence-corrected chi connectivity index (χ4v) is 2.53. The van der Waals surface area contributed by atoms with Gasteiger partial charge >= 0.3 is 0 Å². The van der Waals surface area contributed by atoms with Crippen LogP contribution in [0.2, 0.25) is 0 Å². The third kappa shape index (κ3) is 4.42. The molecular weight excluding hydrogens is 200 g/mol. The first-order chi connectivity index (χ1) is 6.49. The molecule has 4 heteroatoms. The normalized spacial score (nSPS) is 22.1. The highest BCUT2D eigenvalue weighted by Crippen LogP contribution is 2.29. The Morgan fingerprint density at radius 2 is 1.86 bits per heavy atom. The summed E-state index contributed by atoms with van der Waals surface area (Å²) in [6.07, 6.45) is 7.47. The van der Waals surface area contributed by atoms with Crippen molar-refractivity contribution in [3.8, 4) is 0 Å². The first kappa shape index (κ1) is 12.0. The smallest absolute Gasteiger partial charge is 0.264 e. The molecule has 0 aromatic heterocycles. The van der Waals surface area contributed by atoms with E-state index in [1.165, 1.54) is 32.1 Å². The van der Waals surface area contributed by atoms with Crippen molar-refractivity contribution in [2.24, 2.45) is 11.8 Å². The summed E-state index contributed by atoms with van der Waals surface area (Å²) in [6, 6.07) is 0. The van der Waals surface area contributed by atoms with Crippen LogP contribution in [0.15, 0.2) is 0 Å². The van der Waals surface area contributed by atoms with Gasteiger partial charge in [0.05, 0.1) is 12.9 Å². The second-order valence-corrected chi connectivity index (χ2v) is 6.01. The molecule has 0 aromatic carbocycles. The van der Waals surface area contributed by atoms with Crippen LogP contribution < -0.4 is 0 Å². The van der Waals surface area contributed by atoms with Crippen molar-refractivity contribution in [1.29, 1.82) is 0 Å². The van der Waals surface area contributed by atoms with Crippen molar-refractivity contribution in [2.45, 2.75) is 39.0 Å². The van der Waals surface area contributed by atoms with Crippen molar-refractivity contribution in [1.82, 2.24) is 0 Å². The summed E-state index contributed by atoms with van der Waals surface area (Å²) in [5.41, 5.74) is 0. The zero-order valence-electron chi connectivity index (χ0n) is 9.03. The Hall–Kier alpha value is -0.0900. The monoisotopic (exact) mass is 220 g/mol. The lowest BCUT2D eigenvalue weighted by Gasteiger charge is -2.26. The van der Waals surface area contributed by atoms with Crippen LogP contribution in [-0.2, 0) is 14.3 Å². The molecule has 0 amide bonds. The number of hydrogen-bond acceptors (Lipinski definition) is 3. The first-order valence-electron chi connectivity index (χ1n) is 5.33. The van der Waals surface area contributed by atoms with E-state index in [1.807, 2.05) is 0 Å². The minimum absolute atomic E-state index is 0.351. The molecule has 1 saturated carbocycles. The molecule has 1 atom stereocenters. The maximum Gasteiger partial charge on any atom is 0.264 e. The van der Waals surface area contributed by atoms with Crippen LogP contribution in [-0.4, -0.2) is 21.3 Å². The van der Waals surface area contributed by atoms with Gasteiger partial charge in [-0.1, -0.05) is 39.0 Å².